The van der Waals surface area contributed by atoms with Crippen LogP contribution in [0.2, 0.25) is 5.15 Å². The highest BCUT2D eigenvalue weighted by Gasteiger charge is 2.25. The largest absolute Gasteiger partial charge is 0.434 e. The SMILES string of the molecule is O=C(c1ccccc1OC(F)F)N1CCN(c2ccnc(Cl)c2)CC1. The lowest BCUT2D eigenvalue weighted by molar-refractivity contribution is -0.0502. The zero-order valence-electron chi connectivity index (χ0n) is 13.2. The van der Waals surface area contributed by atoms with Crippen LogP contribution in [0, 0.1) is 0 Å². The molecule has 1 saturated heterocycles. The van der Waals surface area contributed by atoms with E-state index in [0.717, 1.165) is 5.69 Å². The van der Waals surface area contributed by atoms with Crippen molar-refractivity contribution in [2.45, 2.75) is 6.61 Å². The fraction of sp³-hybridized carbons (Fsp3) is 0.294. The lowest BCUT2D eigenvalue weighted by atomic mass is 10.1. The number of amides is 1. The number of anilines is 1. The Bertz CT molecular complexity index is 752. The molecular formula is C17H16ClF2N3O2. The number of para-hydroxylation sites is 1. The van der Waals surface area contributed by atoms with Gasteiger partial charge in [-0.25, -0.2) is 4.98 Å². The molecule has 132 valence electrons. The summed E-state index contributed by atoms with van der Waals surface area (Å²) in [7, 11) is 0. The van der Waals surface area contributed by atoms with Crippen LogP contribution in [-0.2, 0) is 0 Å². The summed E-state index contributed by atoms with van der Waals surface area (Å²) in [6, 6.07) is 9.67. The molecule has 0 aliphatic carbocycles. The van der Waals surface area contributed by atoms with Crippen LogP contribution in [0.5, 0.6) is 5.75 Å². The number of aromatic nitrogens is 1. The molecule has 25 heavy (non-hydrogen) atoms. The number of benzene rings is 1. The van der Waals surface area contributed by atoms with Gasteiger partial charge in [0.15, 0.2) is 0 Å². The van der Waals surface area contributed by atoms with E-state index >= 15 is 0 Å². The molecule has 0 saturated carbocycles. The van der Waals surface area contributed by atoms with E-state index in [2.05, 4.69) is 14.6 Å². The third-order valence-corrected chi connectivity index (χ3v) is 4.18. The summed E-state index contributed by atoms with van der Waals surface area (Å²) in [5.74, 6) is -0.422. The molecule has 1 fully saturated rings. The van der Waals surface area contributed by atoms with Crippen LogP contribution in [0.3, 0.4) is 0 Å². The van der Waals surface area contributed by atoms with Crippen molar-refractivity contribution in [3.63, 3.8) is 0 Å². The Morgan fingerprint density at radius 1 is 1.16 bits per heavy atom. The minimum Gasteiger partial charge on any atom is -0.434 e. The molecule has 0 atom stereocenters. The van der Waals surface area contributed by atoms with Crippen molar-refractivity contribution in [1.29, 1.82) is 0 Å². The number of hydrogen-bond donors (Lipinski definition) is 0. The van der Waals surface area contributed by atoms with Gasteiger partial charge in [0.1, 0.15) is 10.9 Å². The van der Waals surface area contributed by atoms with Crippen molar-refractivity contribution in [3.8, 4) is 5.75 Å². The van der Waals surface area contributed by atoms with Crippen molar-refractivity contribution in [2.24, 2.45) is 0 Å². The zero-order chi connectivity index (χ0) is 17.8. The molecule has 1 aromatic carbocycles. The van der Waals surface area contributed by atoms with Crippen molar-refractivity contribution in [2.75, 3.05) is 31.1 Å². The molecule has 1 aliphatic heterocycles. The highest BCUT2D eigenvalue weighted by molar-refractivity contribution is 6.29. The summed E-state index contributed by atoms with van der Waals surface area (Å²) < 4.78 is 29.5. The summed E-state index contributed by atoms with van der Waals surface area (Å²) in [4.78, 5) is 20.3. The maximum absolute atomic E-state index is 12.7. The summed E-state index contributed by atoms with van der Waals surface area (Å²) in [5, 5.41) is 0.411. The van der Waals surface area contributed by atoms with Crippen molar-refractivity contribution < 1.29 is 18.3 Å². The fourth-order valence-electron chi connectivity index (χ4n) is 2.77. The van der Waals surface area contributed by atoms with E-state index in [-0.39, 0.29) is 17.2 Å². The molecule has 0 spiro atoms. The topological polar surface area (TPSA) is 45.7 Å². The molecular weight excluding hydrogens is 352 g/mol. The number of carbonyl (C=O) groups excluding carboxylic acids is 1. The third-order valence-electron chi connectivity index (χ3n) is 3.98. The van der Waals surface area contributed by atoms with E-state index in [1.54, 1.807) is 29.3 Å². The van der Waals surface area contributed by atoms with Gasteiger partial charge in [-0.1, -0.05) is 23.7 Å². The van der Waals surface area contributed by atoms with Gasteiger partial charge in [0, 0.05) is 38.1 Å². The summed E-state index contributed by atoms with van der Waals surface area (Å²) >= 11 is 5.90. The predicted octanol–water partition coefficient (Wildman–Crippen LogP) is 3.30. The first-order chi connectivity index (χ1) is 12.0. The Hall–Kier alpha value is -2.41. The van der Waals surface area contributed by atoms with E-state index in [0.29, 0.717) is 31.3 Å². The number of pyridine rings is 1. The van der Waals surface area contributed by atoms with Gasteiger partial charge in [-0.2, -0.15) is 8.78 Å². The second-order valence-corrected chi connectivity index (χ2v) is 5.88. The van der Waals surface area contributed by atoms with Crippen LogP contribution in [0.25, 0.3) is 0 Å². The Labute approximate surface area is 148 Å². The van der Waals surface area contributed by atoms with Crippen LogP contribution in [0.4, 0.5) is 14.5 Å². The Balaban J connectivity index is 1.68. The lowest BCUT2D eigenvalue weighted by Crippen LogP contribution is -2.48. The molecule has 0 bridgehead atoms. The van der Waals surface area contributed by atoms with Gasteiger partial charge in [0.05, 0.1) is 5.56 Å². The van der Waals surface area contributed by atoms with E-state index in [4.69, 9.17) is 11.6 Å². The minimum atomic E-state index is -2.97. The molecule has 3 rings (SSSR count). The van der Waals surface area contributed by atoms with Gasteiger partial charge in [-0.3, -0.25) is 4.79 Å². The summed E-state index contributed by atoms with van der Waals surface area (Å²) in [5.41, 5.74) is 1.08. The second-order valence-electron chi connectivity index (χ2n) is 5.49. The highest BCUT2D eigenvalue weighted by atomic mass is 35.5. The molecule has 5 nitrogen and oxygen atoms in total. The average Bonchev–Trinajstić information content (AvgIpc) is 2.61. The Morgan fingerprint density at radius 3 is 2.56 bits per heavy atom. The number of carbonyl (C=O) groups is 1. The predicted molar refractivity (Wildman–Crippen MR) is 90.4 cm³/mol. The number of nitrogens with zero attached hydrogens (tertiary/aromatic N) is 3. The first kappa shape index (κ1) is 17.4. The van der Waals surface area contributed by atoms with E-state index in [1.165, 1.54) is 12.1 Å². The molecule has 1 amide bonds. The van der Waals surface area contributed by atoms with E-state index < -0.39 is 6.61 Å². The molecule has 8 heteroatoms. The van der Waals surface area contributed by atoms with Gasteiger partial charge >= 0.3 is 6.61 Å². The van der Waals surface area contributed by atoms with Crippen LogP contribution < -0.4 is 9.64 Å². The molecule has 2 heterocycles. The van der Waals surface area contributed by atoms with Crippen LogP contribution >= 0.6 is 11.6 Å². The van der Waals surface area contributed by atoms with Crippen LogP contribution in [0.1, 0.15) is 10.4 Å². The van der Waals surface area contributed by atoms with E-state index in [9.17, 15) is 13.6 Å². The molecule has 1 aliphatic rings. The average molecular weight is 368 g/mol. The maximum atomic E-state index is 12.7. The first-order valence-corrected chi connectivity index (χ1v) is 8.12. The quantitative estimate of drug-likeness (QED) is 0.778. The standard InChI is InChI=1S/C17H16ClF2N3O2/c18-15-11-12(5-6-21-15)22-7-9-23(10-8-22)16(24)13-3-1-2-4-14(13)25-17(19)20/h1-6,11,17H,7-10H2. The van der Waals surface area contributed by atoms with Gasteiger partial charge in [-0.05, 0) is 24.3 Å². The summed E-state index contributed by atoms with van der Waals surface area (Å²) in [6.45, 7) is -0.792. The van der Waals surface area contributed by atoms with Crippen LogP contribution in [-0.4, -0.2) is 48.6 Å². The monoisotopic (exact) mass is 367 g/mol. The molecule has 0 N–H and O–H groups in total. The second kappa shape index (κ2) is 7.65. The van der Waals surface area contributed by atoms with Gasteiger partial charge in [-0.15, -0.1) is 0 Å². The van der Waals surface area contributed by atoms with Crippen molar-refractivity contribution in [3.05, 3.63) is 53.3 Å². The highest BCUT2D eigenvalue weighted by Crippen LogP contribution is 2.24. The zero-order valence-corrected chi connectivity index (χ0v) is 14.0. The summed E-state index contributed by atoms with van der Waals surface area (Å²) in [6.07, 6.45) is 1.63. The minimum absolute atomic E-state index is 0.106. The normalized spacial score (nSPS) is 14.7. The van der Waals surface area contributed by atoms with Gasteiger partial charge in [0.2, 0.25) is 0 Å². The fourth-order valence-corrected chi connectivity index (χ4v) is 2.94. The molecule has 1 aromatic heterocycles. The molecule has 2 aromatic rings. The molecule has 0 unspecified atom stereocenters. The number of alkyl halides is 2. The number of hydrogen-bond acceptors (Lipinski definition) is 4. The molecule has 0 radical (unpaired) electrons. The number of piperazine rings is 1. The smallest absolute Gasteiger partial charge is 0.387 e. The number of halogens is 3. The van der Waals surface area contributed by atoms with Crippen molar-refractivity contribution >= 4 is 23.2 Å². The lowest BCUT2D eigenvalue weighted by Gasteiger charge is -2.36. The number of rotatable bonds is 4. The Morgan fingerprint density at radius 2 is 1.88 bits per heavy atom. The Kier molecular flexibility index (Phi) is 5.33. The maximum Gasteiger partial charge on any atom is 0.387 e. The first-order valence-electron chi connectivity index (χ1n) is 7.74. The van der Waals surface area contributed by atoms with E-state index in [1.807, 2.05) is 6.07 Å². The number of ether oxygens (including phenoxy) is 1. The van der Waals surface area contributed by atoms with Gasteiger partial charge < -0.3 is 14.5 Å². The van der Waals surface area contributed by atoms with Crippen molar-refractivity contribution in [1.82, 2.24) is 9.88 Å². The van der Waals surface area contributed by atoms with Gasteiger partial charge in [0.25, 0.3) is 5.91 Å². The third kappa shape index (κ3) is 4.17. The van der Waals surface area contributed by atoms with Crippen LogP contribution in [0.15, 0.2) is 42.6 Å².